The summed E-state index contributed by atoms with van der Waals surface area (Å²) in [6, 6.07) is 11.1. The summed E-state index contributed by atoms with van der Waals surface area (Å²) in [5, 5.41) is 36.6. The molecule has 7 aliphatic heterocycles. The number of pyridine rings is 1. The number of aliphatic imine (C=N–C) groups is 4. The first-order valence-electron chi connectivity index (χ1n) is 20.5. The van der Waals surface area contributed by atoms with Crippen LogP contribution in [0.3, 0.4) is 0 Å². The van der Waals surface area contributed by atoms with E-state index in [-0.39, 0.29) is 0 Å². The lowest BCUT2D eigenvalue weighted by atomic mass is 10.5. The second-order valence-electron chi connectivity index (χ2n) is 11.2. The SMILES string of the molecule is C1=CCN=C1.C1=CCN=C1.C1=CN=CC1.C1=CN=CC1.C1=CN=NC1.C1=NN=CC1.C1=NN=NC1.c1ccncc1.c1ccnnc1.c1cnccn1.c1cncnc1.c1cscn1.c1ncon1. The molecule has 0 saturated heterocycles. The van der Waals surface area contributed by atoms with Crippen molar-refractivity contribution < 1.29 is 4.52 Å². The van der Waals surface area contributed by atoms with E-state index in [9.17, 15) is 0 Å². The standard InChI is InChI=1S/C5H5N.3C4H4N2.4C4H5N.2C3H4N2.C3H3NS.C2H3N3.C2H2N2O/c1-2-4-6-5-3-1;1-2-6-4-3-5-1;1-2-5-4-6-3-1;1-2-4-6-5-3-1;6*1-2-4-5-3-1;1-2-5-3-4-1;1-2-4-5-3-1;1-3-2-5-4-1/h1-5H;3*1-4H;2*1,3-4H,2H2;2*1-3H,4H2;2-3H,1H2;1-2H,3H2;1-3H;1H,2H2;1-2H. The molecule has 0 bridgehead atoms. The minimum atomic E-state index is 0.667. The van der Waals surface area contributed by atoms with Crippen molar-refractivity contribution in [2.45, 2.75) is 19.3 Å². The van der Waals surface area contributed by atoms with Crippen molar-refractivity contribution in [2.24, 2.45) is 55.8 Å². The Morgan fingerprint density at radius 3 is 1.20 bits per heavy atom. The van der Waals surface area contributed by atoms with E-state index >= 15 is 0 Å². The van der Waals surface area contributed by atoms with Gasteiger partial charge in [-0.3, -0.25) is 39.9 Å². The number of allylic oxidation sites excluding steroid dienone is 4. The second-order valence-corrected chi connectivity index (χ2v) is 11.9. The summed E-state index contributed by atoms with van der Waals surface area (Å²) in [5.41, 5.74) is 1.79. The van der Waals surface area contributed by atoms with E-state index in [0.29, 0.717) is 6.54 Å². The van der Waals surface area contributed by atoms with Crippen LogP contribution in [0.15, 0.2) is 256 Å². The van der Waals surface area contributed by atoms with E-state index in [4.69, 9.17) is 0 Å². The van der Waals surface area contributed by atoms with Crippen molar-refractivity contribution in [1.29, 1.82) is 0 Å². The third-order valence-electron chi connectivity index (χ3n) is 6.03. The van der Waals surface area contributed by atoms with Crippen molar-refractivity contribution in [3.05, 3.63) is 196 Å². The fraction of sp³-hybridized carbons (Fsp3) is 0.152. The first-order valence-corrected chi connectivity index (χ1v) is 21.5. The molecule has 0 radical (unpaired) electrons. The lowest BCUT2D eigenvalue weighted by Gasteiger charge is -1.70. The average Bonchev–Trinajstić information content (AvgIpc) is 4.31. The normalized spacial score (nSPS) is 12.9. The van der Waals surface area contributed by atoms with E-state index in [1.165, 1.54) is 19.0 Å². The number of thiazole rings is 1. The second kappa shape index (κ2) is 54.9. The zero-order valence-electron chi connectivity index (χ0n) is 37.7. The number of nitrogens with zero attached hydrogens (tertiary/aromatic N) is 21. The van der Waals surface area contributed by atoms with Crippen LogP contribution in [-0.2, 0) is 0 Å². The summed E-state index contributed by atoms with van der Waals surface area (Å²) >= 11 is 1.60. The molecule has 22 nitrogen and oxygen atoms in total. The molecule has 6 aromatic rings. The number of hydrogen-bond acceptors (Lipinski definition) is 23. The predicted octanol–water partition coefficient (Wildman–Crippen LogP) is 8.78. The van der Waals surface area contributed by atoms with Crippen LogP contribution in [0.1, 0.15) is 19.3 Å². The fourth-order valence-corrected chi connectivity index (χ4v) is 3.61. The molecular weight excluding hydrogens is 895 g/mol. The van der Waals surface area contributed by atoms with Crippen molar-refractivity contribution in [1.82, 2.24) is 50.2 Å². The van der Waals surface area contributed by atoms with Gasteiger partial charge in [-0.05, 0) is 53.8 Å². The Labute approximate surface area is 405 Å². The number of rotatable bonds is 0. The molecule has 6 aromatic heterocycles. The molecule has 0 aliphatic carbocycles. The quantitative estimate of drug-likeness (QED) is 0.139. The molecule has 0 unspecified atom stereocenters. The first kappa shape index (κ1) is 57.8. The lowest BCUT2D eigenvalue weighted by molar-refractivity contribution is 0.416. The highest BCUT2D eigenvalue weighted by atomic mass is 32.1. The van der Waals surface area contributed by atoms with Crippen LogP contribution >= 0.6 is 11.3 Å². The van der Waals surface area contributed by atoms with E-state index < -0.39 is 0 Å². The summed E-state index contributed by atoms with van der Waals surface area (Å²) < 4.78 is 4.22. The number of aromatic nitrogens is 10. The van der Waals surface area contributed by atoms with Gasteiger partial charge >= 0.3 is 0 Å². The largest absolute Gasteiger partial charge is 0.343 e. The summed E-state index contributed by atoms with van der Waals surface area (Å²) in [5.74, 6) is 0. The molecule has 69 heavy (non-hydrogen) atoms. The van der Waals surface area contributed by atoms with Crippen LogP contribution in [0, 0.1) is 0 Å². The Bertz CT molecular complexity index is 1740. The summed E-state index contributed by atoms with van der Waals surface area (Å²) in [4.78, 5) is 41.0. The minimum Gasteiger partial charge on any atom is -0.343 e. The first-order chi connectivity index (χ1) is 34.5. The minimum absolute atomic E-state index is 0.667. The maximum atomic E-state index is 4.22. The lowest BCUT2D eigenvalue weighted by Crippen LogP contribution is -1.69. The molecule has 0 saturated carbocycles. The molecule has 354 valence electrons. The van der Waals surface area contributed by atoms with Crippen molar-refractivity contribution in [3.63, 3.8) is 0 Å². The Morgan fingerprint density at radius 1 is 0.420 bits per heavy atom. The van der Waals surface area contributed by atoms with Crippen LogP contribution in [-0.4, -0.2) is 120 Å². The van der Waals surface area contributed by atoms with Gasteiger partial charge in [-0.15, -0.1) is 16.4 Å². The Balaban J connectivity index is 0.000000374. The van der Waals surface area contributed by atoms with Crippen LogP contribution in [0.2, 0.25) is 0 Å². The Morgan fingerprint density at radius 2 is 1.04 bits per heavy atom. The third kappa shape index (κ3) is 53.0. The maximum Gasteiger partial charge on any atom is 0.213 e. The Kier molecular flexibility index (Phi) is 45.9. The van der Waals surface area contributed by atoms with Gasteiger partial charge in [-0.2, -0.15) is 35.7 Å². The number of azo groups is 1. The highest BCUT2D eigenvalue weighted by molar-refractivity contribution is 7.07. The highest BCUT2D eigenvalue weighted by Crippen LogP contribution is 1.88. The molecule has 0 N–H and O–H groups in total. The molecule has 0 amide bonds. The molecule has 0 atom stereocenters. The maximum absolute atomic E-state index is 4.22. The molecule has 7 aliphatic rings. The van der Waals surface area contributed by atoms with Gasteiger partial charge in [0.25, 0.3) is 0 Å². The van der Waals surface area contributed by atoms with E-state index in [2.05, 4.69) is 111 Å². The van der Waals surface area contributed by atoms with Gasteiger partial charge in [0.05, 0.1) is 37.9 Å². The predicted molar refractivity (Wildman–Crippen MR) is 275 cm³/mol. The fourth-order valence-electron chi connectivity index (χ4n) is 3.26. The third-order valence-corrected chi connectivity index (χ3v) is 6.55. The summed E-state index contributed by atoms with van der Waals surface area (Å²) in [6.07, 6.45) is 57.2. The molecular formula is C46H53N21OS. The van der Waals surface area contributed by atoms with Gasteiger partial charge in [0.1, 0.15) is 6.33 Å². The van der Waals surface area contributed by atoms with Crippen molar-refractivity contribution in [2.75, 3.05) is 26.2 Å². The molecule has 13 heterocycles. The Hall–Kier alpha value is -9.25. The number of hydrogen-bond donors (Lipinski definition) is 0. The van der Waals surface area contributed by atoms with Crippen LogP contribution in [0.25, 0.3) is 0 Å². The topological polar surface area (TPSA) is 278 Å². The molecule has 23 heteroatoms. The highest BCUT2D eigenvalue weighted by Gasteiger charge is 1.77. The van der Waals surface area contributed by atoms with Crippen LogP contribution < -0.4 is 0 Å². The molecule has 0 spiro atoms. The monoisotopic (exact) mass is 947 g/mol. The van der Waals surface area contributed by atoms with Gasteiger partial charge in [-0.25, -0.2) is 15.0 Å². The molecule has 0 aromatic carbocycles. The zero-order chi connectivity index (χ0) is 48.8. The molecule has 13 rings (SSSR count). The smallest absolute Gasteiger partial charge is 0.213 e. The average molecular weight is 948 g/mol. The summed E-state index contributed by atoms with van der Waals surface area (Å²) in [7, 11) is 0. The van der Waals surface area contributed by atoms with E-state index in [1.807, 2.05) is 90.7 Å². The van der Waals surface area contributed by atoms with Crippen molar-refractivity contribution in [3.8, 4) is 0 Å². The zero-order valence-corrected chi connectivity index (χ0v) is 38.5. The van der Waals surface area contributed by atoms with Crippen LogP contribution in [0.5, 0.6) is 0 Å². The van der Waals surface area contributed by atoms with Crippen LogP contribution in [0.4, 0.5) is 0 Å². The van der Waals surface area contributed by atoms with Gasteiger partial charge in [-0.1, -0.05) is 35.5 Å². The van der Waals surface area contributed by atoms with Gasteiger partial charge < -0.3 is 4.52 Å². The molecule has 0 fully saturated rings. The van der Waals surface area contributed by atoms with E-state index in [1.54, 1.807) is 141 Å². The van der Waals surface area contributed by atoms with Gasteiger partial charge in [0, 0.05) is 149 Å². The van der Waals surface area contributed by atoms with E-state index in [0.717, 1.165) is 38.9 Å². The summed E-state index contributed by atoms with van der Waals surface area (Å²) in [6.45, 7) is 3.22. The van der Waals surface area contributed by atoms with Gasteiger partial charge in [0.2, 0.25) is 6.39 Å². The van der Waals surface area contributed by atoms with Gasteiger partial charge in [0.15, 0.2) is 6.33 Å². The van der Waals surface area contributed by atoms with Crippen molar-refractivity contribution >= 4 is 54.8 Å².